The Bertz CT molecular complexity index is 904. The Kier molecular flexibility index (Phi) is 9.13. The normalized spacial score (nSPS) is 11.7. The molecule has 0 amide bonds. The molecule has 0 aliphatic heterocycles. The number of methoxy groups -OCH3 is 1. The number of hydrogen-bond acceptors (Lipinski definition) is 4. The van der Waals surface area contributed by atoms with Crippen LogP contribution in [0.4, 0.5) is 10.1 Å². The molecule has 6 nitrogen and oxygen atoms in total. The molecule has 0 atom stereocenters. The highest BCUT2D eigenvalue weighted by Gasteiger charge is 2.11. The van der Waals surface area contributed by atoms with Gasteiger partial charge in [0.2, 0.25) is 0 Å². The number of halogens is 2. The molecule has 0 unspecified atom stereocenters. The highest BCUT2D eigenvalue weighted by Crippen LogP contribution is 2.17. The number of nitrogens with one attached hydrogen (secondary N) is 1. The van der Waals surface area contributed by atoms with Gasteiger partial charge < -0.3 is 15.8 Å². The van der Waals surface area contributed by atoms with Gasteiger partial charge in [0.25, 0.3) is 0 Å². The van der Waals surface area contributed by atoms with Gasteiger partial charge >= 0.3 is 0 Å². The van der Waals surface area contributed by atoms with Crippen molar-refractivity contribution in [3.8, 4) is 0 Å². The van der Waals surface area contributed by atoms with E-state index in [0.717, 1.165) is 17.5 Å². The first-order valence-electron chi connectivity index (χ1n) is 7.87. The van der Waals surface area contributed by atoms with Crippen LogP contribution in [0.1, 0.15) is 16.7 Å². The monoisotopic (exact) mass is 507 g/mol. The molecule has 0 bridgehead atoms. The number of anilines is 1. The van der Waals surface area contributed by atoms with Crippen LogP contribution in [0, 0.1) is 5.82 Å². The van der Waals surface area contributed by atoms with E-state index in [-0.39, 0.29) is 42.2 Å². The van der Waals surface area contributed by atoms with Crippen LogP contribution in [0.25, 0.3) is 0 Å². The summed E-state index contributed by atoms with van der Waals surface area (Å²) in [7, 11) is -1.64. The molecular weight excluding hydrogens is 484 g/mol. The van der Waals surface area contributed by atoms with Crippen LogP contribution in [-0.4, -0.2) is 27.7 Å². The van der Waals surface area contributed by atoms with Gasteiger partial charge in [-0.1, -0.05) is 24.3 Å². The predicted octanol–water partition coefficient (Wildman–Crippen LogP) is 3.06. The average molecular weight is 507 g/mol. The van der Waals surface area contributed by atoms with Gasteiger partial charge in [-0.05, 0) is 29.3 Å². The molecule has 0 aromatic heterocycles. The second-order valence-corrected chi connectivity index (χ2v) is 8.04. The summed E-state index contributed by atoms with van der Waals surface area (Å²) < 4.78 is 41.7. The standard InChI is InChI=1S/C18H22FN3O3S.HI/c1-25-11-13-5-3-4-6-17(13)22-18(20)21-10-15-9-16(19)8-7-14(15)12-26(2,23)24;/h3-9H,10-12H2,1-2H3,(H3,20,21,22);1H. The largest absolute Gasteiger partial charge is 0.380 e. The Hall–Kier alpha value is -1.72. The topological polar surface area (TPSA) is 93.8 Å². The van der Waals surface area contributed by atoms with E-state index in [2.05, 4.69) is 10.3 Å². The summed E-state index contributed by atoms with van der Waals surface area (Å²) in [6.45, 7) is 0.479. The molecule has 3 N–H and O–H groups in total. The summed E-state index contributed by atoms with van der Waals surface area (Å²) >= 11 is 0. The number of nitrogens with two attached hydrogens (primary N) is 1. The molecule has 2 rings (SSSR count). The van der Waals surface area contributed by atoms with Crippen molar-refractivity contribution >= 4 is 45.5 Å². The smallest absolute Gasteiger partial charge is 0.193 e. The van der Waals surface area contributed by atoms with Crippen molar-refractivity contribution in [1.82, 2.24) is 0 Å². The second kappa shape index (κ2) is 10.6. The molecule has 0 saturated heterocycles. The zero-order chi connectivity index (χ0) is 19.2. The van der Waals surface area contributed by atoms with Crippen molar-refractivity contribution in [2.45, 2.75) is 18.9 Å². The van der Waals surface area contributed by atoms with E-state index in [1.54, 1.807) is 7.11 Å². The van der Waals surface area contributed by atoms with Gasteiger partial charge in [-0.25, -0.2) is 17.8 Å². The minimum atomic E-state index is -3.24. The maximum Gasteiger partial charge on any atom is 0.193 e. The average Bonchev–Trinajstić information content (AvgIpc) is 2.56. The highest BCUT2D eigenvalue weighted by molar-refractivity contribution is 14.0. The van der Waals surface area contributed by atoms with Crippen LogP contribution in [0.5, 0.6) is 0 Å². The van der Waals surface area contributed by atoms with Crippen molar-refractivity contribution in [1.29, 1.82) is 0 Å². The van der Waals surface area contributed by atoms with E-state index in [1.165, 1.54) is 18.2 Å². The number of sulfone groups is 1. The van der Waals surface area contributed by atoms with E-state index in [9.17, 15) is 12.8 Å². The SMILES string of the molecule is COCc1ccccc1NC(N)=NCc1cc(F)ccc1CS(C)(=O)=O.I. The van der Waals surface area contributed by atoms with Gasteiger partial charge in [0.05, 0.1) is 18.9 Å². The third-order valence-electron chi connectivity index (χ3n) is 3.59. The number of rotatable bonds is 7. The summed E-state index contributed by atoms with van der Waals surface area (Å²) in [6, 6.07) is 11.4. The Labute approximate surface area is 176 Å². The third kappa shape index (κ3) is 7.81. The van der Waals surface area contributed by atoms with Crippen molar-refractivity contribution < 1.29 is 17.5 Å². The van der Waals surface area contributed by atoms with Gasteiger partial charge in [-0.2, -0.15) is 0 Å². The predicted molar refractivity (Wildman–Crippen MR) is 116 cm³/mol. The maximum atomic E-state index is 13.5. The third-order valence-corrected chi connectivity index (χ3v) is 4.42. The number of guanidine groups is 1. The lowest BCUT2D eigenvalue weighted by Crippen LogP contribution is -2.23. The molecular formula is C18H23FIN3O3S. The van der Waals surface area contributed by atoms with Gasteiger partial charge in [0.15, 0.2) is 15.8 Å². The maximum absolute atomic E-state index is 13.5. The number of para-hydroxylation sites is 1. The summed E-state index contributed by atoms with van der Waals surface area (Å²) in [6.07, 6.45) is 1.13. The van der Waals surface area contributed by atoms with Crippen LogP contribution >= 0.6 is 24.0 Å². The van der Waals surface area contributed by atoms with E-state index >= 15 is 0 Å². The lowest BCUT2D eigenvalue weighted by atomic mass is 10.1. The van der Waals surface area contributed by atoms with E-state index in [1.807, 2.05) is 24.3 Å². The first-order chi connectivity index (χ1) is 12.3. The number of aliphatic imine (C=N–C) groups is 1. The first kappa shape index (κ1) is 23.3. The highest BCUT2D eigenvalue weighted by atomic mass is 127. The lowest BCUT2D eigenvalue weighted by molar-refractivity contribution is 0.185. The van der Waals surface area contributed by atoms with Gasteiger partial charge in [-0.15, -0.1) is 24.0 Å². The molecule has 148 valence electrons. The molecule has 9 heteroatoms. The number of nitrogens with zero attached hydrogens (tertiary/aromatic N) is 1. The summed E-state index contributed by atoms with van der Waals surface area (Å²) in [5.74, 6) is -0.491. The van der Waals surface area contributed by atoms with Crippen LogP contribution in [-0.2, 0) is 33.5 Å². The van der Waals surface area contributed by atoms with Crippen molar-refractivity contribution in [2.24, 2.45) is 10.7 Å². The molecule has 0 spiro atoms. The quantitative estimate of drug-likeness (QED) is 0.342. The van der Waals surface area contributed by atoms with Crippen LogP contribution in [0.3, 0.4) is 0 Å². The number of benzene rings is 2. The molecule has 27 heavy (non-hydrogen) atoms. The number of hydrogen-bond donors (Lipinski definition) is 2. The summed E-state index contributed by atoms with van der Waals surface area (Å²) in [5.41, 5.74) is 8.57. The summed E-state index contributed by atoms with van der Waals surface area (Å²) in [4.78, 5) is 4.20. The Balaban J connectivity index is 0.00000364. The van der Waals surface area contributed by atoms with Crippen LogP contribution in [0.15, 0.2) is 47.5 Å². The van der Waals surface area contributed by atoms with Crippen LogP contribution in [0.2, 0.25) is 0 Å². The molecule has 0 aliphatic rings. The fraction of sp³-hybridized carbons (Fsp3) is 0.278. The minimum absolute atomic E-state index is 0. The molecule has 2 aromatic rings. The number of ether oxygens (including phenoxy) is 1. The Morgan fingerprint density at radius 3 is 2.56 bits per heavy atom. The van der Waals surface area contributed by atoms with Crippen molar-refractivity contribution in [3.63, 3.8) is 0 Å². The molecule has 0 aliphatic carbocycles. The van der Waals surface area contributed by atoms with Gasteiger partial charge in [-0.3, -0.25) is 0 Å². The lowest BCUT2D eigenvalue weighted by Gasteiger charge is -2.11. The summed E-state index contributed by atoms with van der Waals surface area (Å²) in [5, 5.41) is 2.98. The fourth-order valence-corrected chi connectivity index (χ4v) is 3.28. The van der Waals surface area contributed by atoms with Crippen LogP contribution < -0.4 is 11.1 Å². The second-order valence-electron chi connectivity index (χ2n) is 5.90. The molecule has 0 fully saturated rings. The van der Waals surface area contributed by atoms with Gasteiger partial charge in [0.1, 0.15) is 5.82 Å². The first-order valence-corrected chi connectivity index (χ1v) is 9.93. The van der Waals surface area contributed by atoms with E-state index in [0.29, 0.717) is 17.7 Å². The Morgan fingerprint density at radius 2 is 1.89 bits per heavy atom. The molecule has 0 radical (unpaired) electrons. The molecule has 0 saturated carbocycles. The zero-order valence-electron chi connectivity index (χ0n) is 15.1. The van der Waals surface area contributed by atoms with Crippen molar-refractivity contribution in [3.05, 3.63) is 65.0 Å². The molecule has 0 heterocycles. The Morgan fingerprint density at radius 1 is 1.19 bits per heavy atom. The fourth-order valence-electron chi connectivity index (χ4n) is 2.44. The zero-order valence-corrected chi connectivity index (χ0v) is 18.3. The van der Waals surface area contributed by atoms with E-state index < -0.39 is 15.7 Å². The molecule has 2 aromatic carbocycles. The van der Waals surface area contributed by atoms with E-state index in [4.69, 9.17) is 10.5 Å². The van der Waals surface area contributed by atoms with Gasteiger partial charge in [0, 0.05) is 24.6 Å². The minimum Gasteiger partial charge on any atom is -0.380 e. The van der Waals surface area contributed by atoms with Crippen molar-refractivity contribution in [2.75, 3.05) is 18.7 Å².